The molecule has 1 amide bonds. The third-order valence-corrected chi connectivity index (χ3v) is 4.01. The van der Waals surface area contributed by atoms with Crippen LogP contribution in [0, 0.1) is 5.82 Å². The van der Waals surface area contributed by atoms with E-state index in [4.69, 9.17) is 0 Å². The molecule has 1 fully saturated rings. The number of rotatable bonds is 3. The molecule has 1 N–H and O–H groups in total. The zero-order valence-corrected chi connectivity index (χ0v) is 12.6. The molecule has 5 nitrogen and oxygen atoms in total. The van der Waals surface area contributed by atoms with Crippen LogP contribution in [0.15, 0.2) is 22.7 Å². The van der Waals surface area contributed by atoms with Crippen LogP contribution >= 0.6 is 0 Å². The number of benzene rings is 1. The predicted octanol–water partition coefficient (Wildman–Crippen LogP) is 3.57. The summed E-state index contributed by atoms with van der Waals surface area (Å²) in [5.41, 5.74) is -0.540. The summed E-state index contributed by atoms with van der Waals surface area (Å²) in [6.07, 6.45) is -2.14. The lowest BCUT2D eigenvalue weighted by Crippen LogP contribution is -2.51. The van der Waals surface area contributed by atoms with Crippen LogP contribution in [-0.2, 0) is 6.18 Å². The molecule has 0 bridgehead atoms. The maximum Gasteiger partial charge on any atom is 0.471 e. The minimum Gasteiger partial charge on any atom is -0.347 e. The quantitative estimate of drug-likeness (QED) is 0.865. The molecule has 128 valence electrons. The summed E-state index contributed by atoms with van der Waals surface area (Å²) >= 11 is 0. The van der Waals surface area contributed by atoms with Crippen LogP contribution in [0.25, 0.3) is 11.4 Å². The van der Waals surface area contributed by atoms with Gasteiger partial charge in [-0.3, -0.25) is 4.79 Å². The summed E-state index contributed by atoms with van der Waals surface area (Å²) < 4.78 is 55.6. The molecule has 0 atom stereocenters. The fourth-order valence-electron chi connectivity index (χ4n) is 2.47. The molecule has 1 aromatic heterocycles. The first kappa shape index (κ1) is 16.4. The number of carbonyl (C=O) groups excluding carboxylic acids is 1. The number of hydrogen-bond acceptors (Lipinski definition) is 4. The van der Waals surface area contributed by atoms with Crippen LogP contribution < -0.4 is 5.32 Å². The van der Waals surface area contributed by atoms with E-state index >= 15 is 0 Å². The summed E-state index contributed by atoms with van der Waals surface area (Å²) in [6, 6.07) is 3.36. The van der Waals surface area contributed by atoms with E-state index in [1.165, 1.54) is 12.1 Å². The second-order valence-electron chi connectivity index (χ2n) is 5.98. The molecule has 0 saturated heterocycles. The Hall–Kier alpha value is -2.45. The molecule has 24 heavy (non-hydrogen) atoms. The van der Waals surface area contributed by atoms with Crippen LogP contribution in [-0.4, -0.2) is 21.6 Å². The fourth-order valence-corrected chi connectivity index (χ4v) is 2.47. The first-order chi connectivity index (χ1) is 11.2. The highest BCUT2D eigenvalue weighted by atomic mass is 19.4. The van der Waals surface area contributed by atoms with Gasteiger partial charge in [-0.25, -0.2) is 4.39 Å². The van der Waals surface area contributed by atoms with Gasteiger partial charge in [-0.2, -0.15) is 18.2 Å². The zero-order valence-electron chi connectivity index (χ0n) is 12.6. The van der Waals surface area contributed by atoms with Crippen molar-refractivity contribution in [2.45, 2.75) is 37.9 Å². The van der Waals surface area contributed by atoms with Gasteiger partial charge in [0.15, 0.2) is 0 Å². The van der Waals surface area contributed by atoms with Crippen LogP contribution in [0.1, 0.15) is 42.4 Å². The Labute approximate surface area is 134 Å². The lowest BCUT2D eigenvalue weighted by Gasteiger charge is -2.39. The molecule has 2 aromatic rings. The van der Waals surface area contributed by atoms with Crippen LogP contribution in [0.4, 0.5) is 17.6 Å². The normalized spacial score (nSPS) is 16.5. The van der Waals surface area contributed by atoms with Gasteiger partial charge in [-0.05, 0) is 38.3 Å². The molecule has 0 spiro atoms. The smallest absolute Gasteiger partial charge is 0.347 e. The van der Waals surface area contributed by atoms with Crippen molar-refractivity contribution in [1.29, 1.82) is 0 Å². The van der Waals surface area contributed by atoms with Crippen molar-refractivity contribution in [3.63, 3.8) is 0 Å². The molecule has 1 saturated carbocycles. The Morgan fingerprint density at radius 2 is 2.04 bits per heavy atom. The summed E-state index contributed by atoms with van der Waals surface area (Å²) in [7, 11) is 0. The number of halogens is 4. The van der Waals surface area contributed by atoms with E-state index in [2.05, 4.69) is 20.0 Å². The Morgan fingerprint density at radius 3 is 2.54 bits per heavy atom. The van der Waals surface area contributed by atoms with Crippen molar-refractivity contribution in [2.24, 2.45) is 0 Å². The third-order valence-electron chi connectivity index (χ3n) is 4.01. The summed E-state index contributed by atoms with van der Waals surface area (Å²) in [6.45, 7) is 1.87. The molecule has 0 radical (unpaired) electrons. The molecule has 9 heteroatoms. The molecular formula is C15H13F4N3O2. The number of carbonyl (C=O) groups is 1. The Kier molecular flexibility index (Phi) is 3.81. The van der Waals surface area contributed by atoms with Gasteiger partial charge in [-0.15, -0.1) is 0 Å². The maximum absolute atomic E-state index is 14.2. The second-order valence-corrected chi connectivity index (χ2v) is 5.98. The van der Waals surface area contributed by atoms with E-state index < -0.39 is 29.6 Å². The van der Waals surface area contributed by atoms with Crippen LogP contribution in [0.3, 0.4) is 0 Å². The van der Waals surface area contributed by atoms with Crippen molar-refractivity contribution in [1.82, 2.24) is 15.5 Å². The molecule has 1 aromatic carbocycles. The molecule has 1 aliphatic rings. The first-order valence-corrected chi connectivity index (χ1v) is 7.21. The van der Waals surface area contributed by atoms with E-state index in [1.807, 2.05) is 6.92 Å². The predicted molar refractivity (Wildman–Crippen MR) is 74.4 cm³/mol. The highest BCUT2D eigenvalue weighted by Crippen LogP contribution is 2.32. The van der Waals surface area contributed by atoms with E-state index in [-0.39, 0.29) is 16.7 Å². The number of nitrogens with one attached hydrogen (secondary N) is 1. The fraction of sp³-hybridized carbons (Fsp3) is 0.400. The minimum absolute atomic E-state index is 0.0156. The van der Waals surface area contributed by atoms with E-state index in [0.717, 1.165) is 25.3 Å². The van der Waals surface area contributed by atoms with Crippen molar-refractivity contribution in [3.8, 4) is 11.4 Å². The molecule has 1 heterocycles. The van der Waals surface area contributed by atoms with Gasteiger partial charge in [0.05, 0.1) is 5.56 Å². The number of amides is 1. The SMILES string of the molecule is CC1(NC(=O)c2ccc(-c3noc(C(F)(F)F)n3)cc2F)CCC1. The van der Waals surface area contributed by atoms with Crippen molar-refractivity contribution >= 4 is 5.91 Å². The summed E-state index contributed by atoms with van der Waals surface area (Å²) in [4.78, 5) is 15.3. The average Bonchev–Trinajstić information content (AvgIpc) is 2.95. The number of hydrogen-bond donors (Lipinski definition) is 1. The van der Waals surface area contributed by atoms with Gasteiger partial charge in [0.1, 0.15) is 5.82 Å². The van der Waals surface area contributed by atoms with E-state index in [0.29, 0.717) is 0 Å². The number of alkyl halides is 3. The highest BCUT2D eigenvalue weighted by Gasteiger charge is 2.38. The molecular weight excluding hydrogens is 330 g/mol. The molecule has 1 aliphatic carbocycles. The van der Waals surface area contributed by atoms with Gasteiger partial charge < -0.3 is 9.84 Å². The lowest BCUT2D eigenvalue weighted by molar-refractivity contribution is -0.159. The third kappa shape index (κ3) is 3.10. The van der Waals surface area contributed by atoms with Crippen molar-refractivity contribution in [2.75, 3.05) is 0 Å². The zero-order chi connectivity index (χ0) is 17.5. The average molecular weight is 343 g/mol. The molecule has 3 rings (SSSR count). The lowest BCUT2D eigenvalue weighted by atomic mass is 9.78. The summed E-state index contributed by atoms with van der Waals surface area (Å²) in [5, 5.41) is 5.93. The van der Waals surface area contributed by atoms with Crippen molar-refractivity contribution in [3.05, 3.63) is 35.5 Å². The Balaban J connectivity index is 1.82. The van der Waals surface area contributed by atoms with Gasteiger partial charge in [0.25, 0.3) is 5.91 Å². The Morgan fingerprint density at radius 1 is 1.33 bits per heavy atom. The van der Waals surface area contributed by atoms with E-state index in [9.17, 15) is 22.4 Å². The van der Waals surface area contributed by atoms with Gasteiger partial charge in [-0.1, -0.05) is 11.2 Å². The largest absolute Gasteiger partial charge is 0.471 e. The van der Waals surface area contributed by atoms with Crippen LogP contribution in [0.2, 0.25) is 0 Å². The number of aromatic nitrogens is 2. The maximum atomic E-state index is 14.2. The van der Waals surface area contributed by atoms with Gasteiger partial charge >= 0.3 is 12.1 Å². The standard InChI is InChI=1S/C15H13F4N3O2/c1-14(5-2-6-14)21-12(23)9-4-3-8(7-10(9)16)11-20-13(24-22-11)15(17,18)19/h3-4,7H,2,5-6H2,1H3,(H,21,23). The van der Waals surface area contributed by atoms with Crippen molar-refractivity contribution < 1.29 is 26.9 Å². The number of nitrogens with zero attached hydrogens (tertiary/aromatic N) is 2. The van der Waals surface area contributed by atoms with E-state index in [1.54, 1.807) is 0 Å². The second kappa shape index (κ2) is 5.57. The summed E-state index contributed by atoms with van der Waals surface area (Å²) in [5.74, 6) is -3.35. The van der Waals surface area contributed by atoms with Crippen LogP contribution in [0.5, 0.6) is 0 Å². The first-order valence-electron chi connectivity index (χ1n) is 7.21. The van der Waals surface area contributed by atoms with Gasteiger partial charge in [0.2, 0.25) is 5.82 Å². The minimum atomic E-state index is -4.78. The van der Waals surface area contributed by atoms with Gasteiger partial charge in [0, 0.05) is 11.1 Å². The monoisotopic (exact) mass is 343 g/mol. The highest BCUT2D eigenvalue weighted by molar-refractivity contribution is 5.95. The molecule has 0 unspecified atom stereocenters. The topological polar surface area (TPSA) is 68.0 Å². The Bertz CT molecular complexity index is 781. The molecule has 0 aliphatic heterocycles.